The summed E-state index contributed by atoms with van der Waals surface area (Å²) in [6, 6.07) is 11.4. The van der Waals surface area contributed by atoms with E-state index in [4.69, 9.17) is 11.6 Å². The summed E-state index contributed by atoms with van der Waals surface area (Å²) in [5, 5.41) is -0.134. The third-order valence-electron chi connectivity index (χ3n) is 2.82. The number of imidazole rings is 1. The summed E-state index contributed by atoms with van der Waals surface area (Å²) in [6.07, 6.45) is -4.77. The van der Waals surface area contributed by atoms with Crippen molar-refractivity contribution in [1.82, 2.24) is 9.97 Å². The first-order chi connectivity index (χ1) is 9.92. The maximum atomic E-state index is 12.2. The summed E-state index contributed by atoms with van der Waals surface area (Å²) in [4.78, 5) is 7.43. The number of H-pyrrole nitrogens is 1. The van der Waals surface area contributed by atoms with Crippen LogP contribution in [0.5, 0.6) is 5.75 Å². The zero-order valence-electron chi connectivity index (χ0n) is 10.4. The van der Waals surface area contributed by atoms with Crippen molar-refractivity contribution in [2.75, 3.05) is 0 Å². The molecule has 0 amide bonds. The van der Waals surface area contributed by atoms with Gasteiger partial charge in [-0.15, -0.1) is 13.2 Å². The monoisotopic (exact) mass is 312 g/mol. The minimum Gasteiger partial charge on any atom is -0.404 e. The van der Waals surface area contributed by atoms with Crippen molar-refractivity contribution in [1.29, 1.82) is 0 Å². The van der Waals surface area contributed by atoms with Crippen molar-refractivity contribution >= 4 is 22.6 Å². The van der Waals surface area contributed by atoms with Crippen LogP contribution >= 0.6 is 11.6 Å². The normalized spacial score (nSPS) is 11.8. The van der Waals surface area contributed by atoms with Crippen LogP contribution in [0.3, 0.4) is 0 Å². The number of fused-ring (bicyclic) bond motifs is 1. The molecular formula is C14H8ClF3N2O. The standard InChI is InChI=1S/C14H8ClF3N2O/c15-9-7-8(5-6-12(9)21-14(16,17)18)13-19-10-3-1-2-4-11(10)20-13/h1-7H,(H,19,20). The number of benzene rings is 2. The fourth-order valence-corrected chi connectivity index (χ4v) is 2.16. The van der Waals surface area contributed by atoms with E-state index in [-0.39, 0.29) is 5.02 Å². The van der Waals surface area contributed by atoms with Gasteiger partial charge in [0.05, 0.1) is 16.1 Å². The predicted molar refractivity (Wildman–Crippen MR) is 73.2 cm³/mol. The van der Waals surface area contributed by atoms with E-state index in [0.717, 1.165) is 11.0 Å². The Labute approximate surface area is 122 Å². The number of aromatic nitrogens is 2. The Kier molecular flexibility index (Phi) is 3.25. The van der Waals surface area contributed by atoms with Gasteiger partial charge in [0.2, 0.25) is 0 Å². The number of hydrogen-bond donors (Lipinski definition) is 1. The number of aromatic amines is 1. The first-order valence-electron chi connectivity index (χ1n) is 5.93. The number of rotatable bonds is 2. The molecule has 0 spiro atoms. The van der Waals surface area contributed by atoms with Gasteiger partial charge in [-0.3, -0.25) is 0 Å². The molecule has 3 aromatic rings. The van der Waals surface area contributed by atoms with Crippen LogP contribution in [0.2, 0.25) is 5.02 Å². The Balaban J connectivity index is 1.98. The first kappa shape index (κ1) is 13.8. The lowest BCUT2D eigenvalue weighted by Gasteiger charge is -2.10. The highest BCUT2D eigenvalue weighted by Gasteiger charge is 2.32. The highest BCUT2D eigenvalue weighted by atomic mass is 35.5. The second kappa shape index (κ2) is 4.96. The van der Waals surface area contributed by atoms with Gasteiger partial charge in [-0.1, -0.05) is 23.7 Å². The van der Waals surface area contributed by atoms with Gasteiger partial charge in [0.15, 0.2) is 0 Å². The van der Waals surface area contributed by atoms with Gasteiger partial charge in [-0.05, 0) is 30.3 Å². The predicted octanol–water partition coefficient (Wildman–Crippen LogP) is 4.78. The molecule has 0 atom stereocenters. The zero-order chi connectivity index (χ0) is 15.0. The molecule has 3 nitrogen and oxygen atoms in total. The van der Waals surface area contributed by atoms with E-state index < -0.39 is 12.1 Å². The van der Waals surface area contributed by atoms with Gasteiger partial charge in [0.1, 0.15) is 11.6 Å². The summed E-state index contributed by atoms with van der Waals surface area (Å²) in [5.74, 6) is 0.0840. The minimum atomic E-state index is -4.77. The Morgan fingerprint density at radius 3 is 2.52 bits per heavy atom. The Hall–Kier alpha value is -2.21. The molecule has 1 N–H and O–H groups in total. The molecule has 2 aromatic carbocycles. The van der Waals surface area contributed by atoms with E-state index in [0.29, 0.717) is 11.4 Å². The van der Waals surface area contributed by atoms with Gasteiger partial charge in [-0.2, -0.15) is 0 Å². The third-order valence-corrected chi connectivity index (χ3v) is 3.12. The number of nitrogens with zero attached hydrogens (tertiary/aromatic N) is 1. The summed E-state index contributed by atoms with van der Waals surface area (Å²) < 4.78 is 40.4. The number of ether oxygens (including phenoxy) is 1. The van der Waals surface area contributed by atoms with E-state index in [1.54, 1.807) is 0 Å². The maximum absolute atomic E-state index is 12.2. The van der Waals surface area contributed by atoms with Crippen LogP contribution in [0.4, 0.5) is 13.2 Å². The van der Waals surface area contributed by atoms with Gasteiger partial charge in [0.25, 0.3) is 0 Å². The van der Waals surface area contributed by atoms with Gasteiger partial charge >= 0.3 is 6.36 Å². The SMILES string of the molecule is FC(F)(F)Oc1ccc(-c2nc3ccccc3[nH]2)cc1Cl. The quantitative estimate of drug-likeness (QED) is 0.739. The number of para-hydroxylation sites is 2. The lowest BCUT2D eigenvalue weighted by Crippen LogP contribution is -2.17. The van der Waals surface area contributed by atoms with Crippen molar-refractivity contribution in [2.45, 2.75) is 6.36 Å². The van der Waals surface area contributed by atoms with E-state index in [1.807, 2.05) is 24.3 Å². The average molecular weight is 313 g/mol. The summed E-state index contributed by atoms with van der Waals surface area (Å²) in [5.41, 5.74) is 2.17. The van der Waals surface area contributed by atoms with Crippen molar-refractivity contribution in [2.24, 2.45) is 0 Å². The van der Waals surface area contributed by atoms with Crippen molar-refractivity contribution in [3.8, 4) is 17.1 Å². The Morgan fingerprint density at radius 2 is 1.86 bits per heavy atom. The Bertz CT molecular complexity index is 765. The second-order valence-electron chi connectivity index (χ2n) is 4.30. The molecule has 21 heavy (non-hydrogen) atoms. The van der Waals surface area contributed by atoms with E-state index >= 15 is 0 Å². The van der Waals surface area contributed by atoms with Gasteiger partial charge < -0.3 is 9.72 Å². The summed E-state index contributed by atoms with van der Waals surface area (Å²) in [6.45, 7) is 0. The Morgan fingerprint density at radius 1 is 1.10 bits per heavy atom. The second-order valence-corrected chi connectivity index (χ2v) is 4.70. The van der Waals surface area contributed by atoms with Crippen LogP contribution in [-0.4, -0.2) is 16.3 Å². The molecule has 7 heteroatoms. The molecule has 0 saturated carbocycles. The molecule has 108 valence electrons. The zero-order valence-corrected chi connectivity index (χ0v) is 11.2. The summed E-state index contributed by atoms with van der Waals surface area (Å²) in [7, 11) is 0. The van der Waals surface area contributed by atoms with Gasteiger partial charge in [-0.25, -0.2) is 4.98 Å². The molecule has 0 unspecified atom stereocenters. The molecule has 0 aliphatic carbocycles. The molecule has 0 radical (unpaired) electrons. The number of hydrogen-bond acceptors (Lipinski definition) is 2. The number of nitrogens with one attached hydrogen (secondary N) is 1. The number of halogens is 4. The minimum absolute atomic E-state index is 0.134. The largest absolute Gasteiger partial charge is 0.573 e. The highest BCUT2D eigenvalue weighted by molar-refractivity contribution is 6.32. The highest BCUT2D eigenvalue weighted by Crippen LogP contribution is 2.33. The van der Waals surface area contributed by atoms with Crippen LogP contribution in [0.1, 0.15) is 0 Å². The van der Waals surface area contributed by atoms with Crippen LogP contribution in [0, 0.1) is 0 Å². The van der Waals surface area contributed by atoms with E-state index in [9.17, 15) is 13.2 Å². The topological polar surface area (TPSA) is 37.9 Å². The molecule has 1 heterocycles. The van der Waals surface area contributed by atoms with Crippen LogP contribution < -0.4 is 4.74 Å². The van der Waals surface area contributed by atoms with Crippen molar-refractivity contribution in [3.63, 3.8) is 0 Å². The molecule has 0 aliphatic heterocycles. The smallest absolute Gasteiger partial charge is 0.404 e. The molecule has 1 aromatic heterocycles. The number of alkyl halides is 3. The van der Waals surface area contributed by atoms with E-state index in [2.05, 4.69) is 14.7 Å². The average Bonchev–Trinajstić information content (AvgIpc) is 2.83. The third kappa shape index (κ3) is 2.95. The molecule has 0 saturated heterocycles. The van der Waals surface area contributed by atoms with Crippen LogP contribution in [0.25, 0.3) is 22.4 Å². The maximum Gasteiger partial charge on any atom is 0.573 e. The lowest BCUT2D eigenvalue weighted by molar-refractivity contribution is -0.274. The van der Waals surface area contributed by atoms with E-state index in [1.165, 1.54) is 18.2 Å². The van der Waals surface area contributed by atoms with Crippen molar-refractivity contribution in [3.05, 3.63) is 47.5 Å². The summed E-state index contributed by atoms with van der Waals surface area (Å²) >= 11 is 5.82. The molecule has 3 rings (SSSR count). The molecule has 0 aliphatic rings. The fourth-order valence-electron chi connectivity index (χ4n) is 1.95. The molecule has 0 fully saturated rings. The molecule has 0 bridgehead atoms. The van der Waals surface area contributed by atoms with Crippen molar-refractivity contribution < 1.29 is 17.9 Å². The fraction of sp³-hybridized carbons (Fsp3) is 0.0714. The molecular weight excluding hydrogens is 305 g/mol. The van der Waals surface area contributed by atoms with Crippen LogP contribution in [-0.2, 0) is 0 Å². The van der Waals surface area contributed by atoms with Crippen LogP contribution in [0.15, 0.2) is 42.5 Å². The first-order valence-corrected chi connectivity index (χ1v) is 6.30. The lowest BCUT2D eigenvalue weighted by atomic mass is 10.2. The van der Waals surface area contributed by atoms with Gasteiger partial charge in [0, 0.05) is 5.56 Å².